The van der Waals surface area contributed by atoms with Crippen LogP contribution in [-0.2, 0) is 4.79 Å². The maximum absolute atomic E-state index is 11.8. The molecule has 0 fully saturated rings. The van der Waals surface area contributed by atoms with E-state index in [0.29, 0.717) is 18.2 Å². The van der Waals surface area contributed by atoms with E-state index in [1.54, 1.807) is 12.1 Å². The van der Waals surface area contributed by atoms with E-state index >= 15 is 0 Å². The van der Waals surface area contributed by atoms with Gasteiger partial charge in [-0.2, -0.15) is 0 Å². The lowest BCUT2D eigenvalue weighted by molar-refractivity contribution is -0.116. The first-order valence-corrected chi connectivity index (χ1v) is 7.84. The molecule has 0 heterocycles. The van der Waals surface area contributed by atoms with Crippen LogP contribution in [0, 0.1) is 13.8 Å². The molecule has 0 aliphatic carbocycles. The highest BCUT2D eigenvalue weighted by Crippen LogP contribution is 2.16. The van der Waals surface area contributed by atoms with Crippen molar-refractivity contribution < 1.29 is 9.53 Å². The third kappa shape index (κ3) is 5.80. The van der Waals surface area contributed by atoms with Crippen molar-refractivity contribution in [1.29, 1.82) is 0 Å². The zero-order valence-electron chi connectivity index (χ0n) is 13.3. The minimum Gasteiger partial charge on any atom is -0.492 e. The smallest absolute Gasteiger partial charge is 0.244 e. The quantitative estimate of drug-likeness (QED) is 0.638. The summed E-state index contributed by atoms with van der Waals surface area (Å²) in [6.07, 6.45) is 3.17. The van der Waals surface area contributed by atoms with E-state index in [-0.39, 0.29) is 5.91 Å². The van der Waals surface area contributed by atoms with E-state index in [4.69, 9.17) is 16.3 Å². The summed E-state index contributed by atoms with van der Waals surface area (Å²) < 4.78 is 5.64. The average Bonchev–Trinajstić information content (AvgIpc) is 2.50. The Hall–Kier alpha value is -2.26. The van der Waals surface area contributed by atoms with E-state index in [9.17, 15) is 4.79 Å². The van der Waals surface area contributed by atoms with Gasteiger partial charge in [-0.15, -0.1) is 0 Å². The van der Waals surface area contributed by atoms with Crippen LogP contribution < -0.4 is 10.1 Å². The van der Waals surface area contributed by atoms with E-state index in [2.05, 4.69) is 11.4 Å². The van der Waals surface area contributed by atoms with Crippen molar-refractivity contribution in [1.82, 2.24) is 5.32 Å². The summed E-state index contributed by atoms with van der Waals surface area (Å²) in [5, 5.41) is 3.40. The molecule has 0 saturated heterocycles. The van der Waals surface area contributed by atoms with E-state index in [0.717, 1.165) is 22.4 Å². The molecule has 3 nitrogen and oxygen atoms in total. The lowest BCUT2D eigenvalue weighted by Crippen LogP contribution is -2.26. The molecule has 0 saturated carbocycles. The van der Waals surface area contributed by atoms with E-state index in [1.807, 2.05) is 44.2 Å². The molecule has 0 spiro atoms. The van der Waals surface area contributed by atoms with Crippen LogP contribution >= 0.6 is 11.6 Å². The van der Waals surface area contributed by atoms with Crippen LogP contribution in [-0.4, -0.2) is 19.1 Å². The summed E-state index contributed by atoms with van der Waals surface area (Å²) in [5.74, 6) is 0.650. The molecule has 4 heteroatoms. The van der Waals surface area contributed by atoms with Crippen molar-refractivity contribution in [3.8, 4) is 5.75 Å². The molecule has 0 unspecified atom stereocenters. The summed E-state index contributed by atoms with van der Waals surface area (Å²) in [7, 11) is 0. The third-order valence-electron chi connectivity index (χ3n) is 3.18. The summed E-state index contributed by atoms with van der Waals surface area (Å²) >= 11 is 6.02. The highest BCUT2D eigenvalue weighted by atomic mass is 35.5. The first kappa shape index (κ1) is 17.1. The lowest BCUT2D eigenvalue weighted by Gasteiger charge is -2.08. The van der Waals surface area contributed by atoms with Crippen molar-refractivity contribution in [3.05, 3.63) is 70.3 Å². The maximum atomic E-state index is 11.8. The van der Waals surface area contributed by atoms with Gasteiger partial charge in [0.25, 0.3) is 0 Å². The molecule has 1 amide bonds. The first-order chi connectivity index (χ1) is 11.0. The van der Waals surface area contributed by atoms with Gasteiger partial charge in [0.1, 0.15) is 12.4 Å². The summed E-state index contributed by atoms with van der Waals surface area (Å²) in [6.45, 7) is 4.93. The van der Waals surface area contributed by atoms with Crippen molar-refractivity contribution in [2.24, 2.45) is 0 Å². The van der Waals surface area contributed by atoms with Gasteiger partial charge in [0.15, 0.2) is 0 Å². The van der Waals surface area contributed by atoms with Gasteiger partial charge in [0, 0.05) is 11.1 Å². The molecule has 0 atom stereocenters. The number of amides is 1. The molecule has 0 aliphatic rings. The van der Waals surface area contributed by atoms with Gasteiger partial charge in [0.2, 0.25) is 5.91 Å². The van der Waals surface area contributed by atoms with Gasteiger partial charge in [0.05, 0.1) is 6.54 Å². The van der Waals surface area contributed by atoms with E-state index < -0.39 is 0 Å². The molecule has 0 aromatic heterocycles. The van der Waals surface area contributed by atoms with Gasteiger partial charge in [-0.1, -0.05) is 35.9 Å². The fourth-order valence-corrected chi connectivity index (χ4v) is 2.39. The Labute approximate surface area is 141 Å². The predicted molar refractivity (Wildman–Crippen MR) is 94.9 cm³/mol. The average molecular weight is 330 g/mol. The molecule has 23 heavy (non-hydrogen) atoms. The van der Waals surface area contributed by atoms with Crippen LogP contribution in [0.15, 0.2) is 48.5 Å². The lowest BCUT2D eigenvalue weighted by atomic mass is 10.1. The minimum atomic E-state index is -0.172. The number of benzene rings is 2. The second-order valence-electron chi connectivity index (χ2n) is 5.32. The van der Waals surface area contributed by atoms with Crippen LogP contribution in [0.2, 0.25) is 5.02 Å². The first-order valence-electron chi connectivity index (χ1n) is 7.46. The van der Waals surface area contributed by atoms with Gasteiger partial charge < -0.3 is 10.1 Å². The number of carbonyl (C=O) groups is 1. The molecule has 0 aliphatic heterocycles. The second-order valence-corrected chi connectivity index (χ2v) is 5.72. The number of carbonyl (C=O) groups excluding carboxylic acids is 1. The van der Waals surface area contributed by atoms with Crippen molar-refractivity contribution in [2.45, 2.75) is 13.8 Å². The largest absolute Gasteiger partial charge is 0.492 e. The number of halogens is 1. The highest BCUT2D eigenvalue weighted by molar-refractivity contribution is 6.32. The normalized spacial score (nSPS) is 10.7. The third-order valence-corrected chi connectivity index (χ3v) is 3.53. The van der Waals surface area contributed by atoms with Gasteiger partial charge in [-0.3, -0.25) is 4.79 Å². The summed E-state index contributed by atoms with van der Waals surface area (Å²) in [5.41, 5.74) is 3.13. The number of hydrogen-bond acceptors (Lipinski definition) is 2. The Morgan fingerprint density at radius 1 is 1.17 bits per heavy atom. The molecule has 1 N–H and O–H groups in total. The fourth-order valence-electron chi connectivity index (χ4n) is 2.19. The molecule has 2 aromatic carbocycles. The number of ether oxygens (including phenoxy) is 1. The zero-order chi connectivity index (χ0) is 16.7. The molecule has 0 radical (unpaired) electrons. The number of hydrogen-bond donors (Lipinski definition) is 1. The fraction of sp³-hybridized carbons (Fsp3) is 0.211. The number of aryl methyl sites for hydroxylation is 2. The second kappa shape index (κ2) is 8.39. The highest BCUT2D eigenvalue weighted by Gasteiger charge is 1.99. The Morgan fingerprint density at radius 3 is 2.57 bits per heavy atom. The van der Waals surface area contributed by atoms with Crippen LogP contribution in [0.1, 0.15) is 16.7 Å². The molecule has 2 aromatic rings. The molecular formula is C19H20ClNO2. The zero-order valence-corrected chi connectivity index (χ0v) is 14.1. The van der Waals surface area contributed by atoms with Crippen molar-refractivity contribution in [2.75, 3.05) is 13.2 Å². The van der Waals surface area contributed by atoms with Gasteiger partial charge in [-0.25, -0.2) is 0 Å². The Morgan fingerprint density at radius 2 is 1.87 bits per heavy atom. The molecular weight excluding hydrogens is 310 g/mol. The molecule has 120 valence electrons. The summed E-state index contributed by atoms with van der Waals surface area (Å²) in [6, 6.07) is 13.4. The summed E-state index contributed by atoms with van der Waals surface area (Å²) in [4.78, 5) is 11.8. The topological polar surface area (TPSA) is 38.3 Å². The Bertz CT molecular complexity index is 690. The maximum Gasteiger partial charge on any atom is 0.244 e. The SMILES string of the molecule is Cc1cc(C)cc(OCCNC(=O)/C=C/c2ccccc2Cl)c1. The molecule has 2 rings (SSSR count). The monoisotopic (exact) mass is 329 g/mol. The van der Waals surface area contributed by atoms with Crippen LogP contribution in [0.4, 0.5) is 0 Å². The Balaban J connectivity index is 1.76. The van der Waals surface area contributed by atoms with Gasteiger partial charge in [-0.05, 0) is 54.8 Å². The van der Waals surface area contributed by atoms with Crippen molar-refractivity contribution in [3.63, 3.8) is 0 Å². The van der Waals surface area contributed by atoms with Crippen LogP contribution in [0.3, 0.4) is 0 Å². The van der Waals surface area contributed by atoms with Crippen LogP contribution in [0.25, 0.3) is 6.08 Å². The molecule has 0 bridgehead atoms. The predicted octanol–water partition coefficient (Wildman–Crippen LogP) is 4.17. The number of nitrogens with one attached hydrogen (secondary N) is 1. The number of rotatable bonds is 6. The van der Waals surface area contributed by atoms with Gasteiger partial charge >= 0.3 is 0 Å². The van der Waals surface area contributed by atoms with Crippen molar-refractivity contribution >= 4 is 23.6 Å². The standard InChI is InChI=1S/C19H20ClNO2/c1-14-11-15(2)13-17(12-14)23-10-9-21-19(22)8-7-16-5-3-4-6-18(16)20/h3-8,11-13H,9-10H2,1-2H3,(H,21,22)/b8-7+. The minimum absolute atomic E-state index is 0.172. The van der Waals surface area contributed by atoms with Crippen LogP contribution in [0.5, 0.6) is 5.75 Å². The Kier molecular flexibility index (Phi) is 6.24. The van der Waals surface area contributed by atoms with E-state index in [1.165, 1.54) is 6.08 Å².